The number of hydrogen-bond donors (Lipinski definition) is 2. The highest BCUT2D eigenvalue weighted by Gasteiger charge is 2.52. The van der Waals surface area contributed by atoms with Crippen molar-refractivity contribution in [3.05, 3.63) is 42.5 Å². The van der Waals surface area contributed by atoms with Gasteiger partial charge in [-0.25, -0.2) is 15.0 Å². The number of nitrogen functional groups attached to an aromatic ring is 2. The highest BCUT2D eigenvalue weighted by atomic mass is 16.5. The zero-order chi connectivity index (χ0) is 21.6. The van der Waals surface area contributed by atoms with Crippen LogP contribution in [0.25, 0.3) is 11.0 Å². The van der Waals surface area contributed by atoms with E-state index in [4.69, 9.17) is 16.2 Å². The predicted molar refractivity (Wildman–Crippen MR) is 122 cm³/mol. The summed E-state index contributed by atoms with van der Waals surface area (Å²) in [6.45, 7) is 4.45. The van der Waals surface area contributed by atoms with E-state index in [-0.39, 0.29) is 5.60 Å². The van der Waals surface area contributed by atoms with Crippen LogP contribution in [0.15, 0.2) is 36.9 Å². The highest BCUT2D eigenvalue weighted by molar-refractivity contribution is 5.86. The monoisotopic (exact) mass is 420 g/mol. The first-order valence-corrected chi connectivity index (χ1v) is 11.4. The van der Waals surface area contributed by atoms with Crippen LogP contribution in [0, 0.1) is 11.8 Å². The molecule has 5 rings (SSSR count). The second kappa shape index (κ2) is 7.79. The molecule has 4 heterocycles. The van der Waals surface area contributed by atoms with E-state index in [1.807, 2.05) is 12.3 Å². The number of anilines is 2. The van der Waals surface area contributed by atoms with Gasteiger partial charge in [0.05, 0.1) is 17.1 Å². The van der Waals surface area contributed by atoms with Crippen LogP contribution in [-0.4, -0.2) is 31.2 Å². The smallest absolute Gasteiger partial charge is 0.145 e. The largest absolute Gasteiger partial charge is 0.384 e. The van der Waals surface area contributed by atoms with Gasteiger partial charge in [0.25, 0.3) is 0 Å². The van der Waals surface area contributed by atoms with Gasteiger partial charge in [-0.2, -0.15) is 0 Å². The topological polar surface area (TPSA) is 105 Å². The van der Waals surface area contributed by atoms with Crippen LogP contribution >= 0.6 is 0 Å². The van der Waals surface area contributed by atoms with E-state index in [0.29, 0.717) is 35.6 Å². The molecule has 7 nitrogen and oxygen atoms in total. The number of nitrogens with two attached hydrogens (primary N) is 2. The molecule has 31 heavy (non-hydrogen) atoms. The third-order valence-electron chi connectivity index (χ3n) is 7.14. The SMILES string of the molecule is CC1(C)C[C@@H]2[C@H](O1)[C@@H](CCCCc1ccc(N)nc1)C[C@H]2n1ccc2c(N)ncnc21. The number of unbranched alkanes of at least 4 members (excludes halogenated alkanes) is 1. The summed E-state index contributed by atoms with van der Waals surface area (Å²) in [4.78, 5) is 12.9. The molecule has 0 aromatic carbocycles. The Morgan fingerprint density at radius 2 is 2.00 bits per heavy atom. The van der Waals surface area contributed by atoms with Gasteiger partial charge in [0, 0.05) is 24.4 Å². The second-order valence-electron chi connectivity index (χ2n) is 9.83. The Bertz CT molecular complexity index is 1060. The number of fused-ring (bicyclic) bond motifs is 2. The zero-order valence-electron chi connectivity index (χ0n) is 18.4. The molecule has 0 radical (unpaired) electrons. The molecule has 2 aliphatic rings. The predicted octanol–water partition coefficient (Wildman–Crippen LogP) is 4.15. The Labute approximate surface area is 183 Å². The molecule has 0 unspecified atom stereocenters. The van der Waals surface area contributed by atoms with Crippen molar-refractivity contribution >= 4 is 22.7 Å². The summed E-state index contributed by atoms with van der Waals surface area (Å²) < 4.78 is 8.91. The van der Waals surface area contributed by atoms with Crippen LogP contribution in [0.3, 0.4) is 0 Å². The quantitative estimate of drug-likeness (QED) is 0.581. The lowest BCUT2D eigenvalue weighted by Crippen LogP contribution is -2.24. The van der Waals surface area contributed by atoms with Gasteiger partial charge in [-0.05, 0) is 69.6 Å². The Morgan fingerprint density at radius 1 is 1.13 bits per heavy atom. The third kappa shape index (κ3) is 3.87. The molecule has 2 fully saturated rings. The average molecular weight is 421 g/mol. The number of ether oxygens (including phenoxy) is 1. The summed E-state index contributed by atoms with van der Waals surface area (Å²) in [6.07, 6.45) is 12.7. The Hall–Kier alpha value is -2.67. The van der Waals surface area contributed by atoms with Gasteiger partial charge >= 0.3 is 0 Å². The maximum Gasteiger partial charge on any atom is 0.145 e. The van der Waals surface area contributed by atoms with E-state index < -0.39 is 0 Å². The number of hydrogen-bond acceptors (Lipinski definition) is 6. The van der Waals surface area contributed by atoms with Crippen LogP contribution in [0.5, 0.6) is 0 Å². The van der Waals surface area contributed by atoms with Gasteiger partial charge in [-0.3, -0.25) is 0 Å². The normalized spacial score (nSPS) is 27.0. The molecule has 1 aliphatic carbocycles. The molecule has 0 spiro atoms. The van der Waals surface area contributed by atoms with E-state index in [9.17, 15) is 0 Å². The van der Waals surface area contributed by atoms with Crippen molar-refractivity contribution in [2.75, 3.05) is 11.5 Å². The van der Waals surface area contributed by atoms with E-state index in [1.54, 1.807) is 6.33 Å². The fourth-order valence-electron chi connectivity index (χ4n) is 5.79. The third-order valence-corrected chi connectivity index (χ3v) is 7.14. The van der Waals surface area contributed by atoms with Gasteiger partial charge in [0.1, 0.15) is 23.6 Å². The summed E-state index contributed by atoms with van der Waals surface area (Å²) in [6, 6.07) is 6.41. The molecule has 0 amide bonds. The van der Waals surface area contributed by atoms with Gasteiger partial charge in [0.15, 0.2) is 0 Å². The van der Waals surface area contributed by atoms with E-state index in [1.165, 1.54) is 18.4 Å². The summed E-state index contributed by atoms with van der Waals surface area (Å²) in [5.41, 5.74) is 13.9. The van der Waals surface area contributed by atoms with Crippen molar-refractivity contribution in [1.29, 1.82) is 0 Å². The first-order chi connectivity index (χ1) is 14.9. The van der Waals surface area contributed by atoms with Crippen molar-refractivity contribution in [2.45, 2.75) is 70.1 Å². The summed E-state index contributed by atoms with van der Waals surface area (Å²) in [5, 5.41) is 0.942. The molecule has 4 N–H and O–H groups in total. The lowest BCUT2D eigenvalue weighted by atomic mass is 9.91. The molecule has 1 saturated heterocycles. The van der Waals surface area contributed by atoms with Crippen molar-refractivity contribution < 1.29 is 4.74 Å². The minimum Gasteiger partial charge on any atom is -0.384 e. The first-order valence-electron chi connectivity index (χ1n) is 11.4. The van der Waals surface area contributed by atoms with E-state index in [2.05, 4.69) is 51.7 Å². The minimum atomic E-state index is -0.0706. The minimum absolute atomic E-state index is 0.0706. The Kier molecular flexibility index (Phi) is 5.08. The van der Waals surface area contributed by atoms with Crippen molar-refractivity contribution in [2.24, 2.45) is 11.8 Å². The van der Waals surface area contributed by atoms with Gasteiger partial charge < -0.3 is 20.8 Å². The standard InChI is InChI=1S/C24H32N6O/c1-24(2)12-18-19(30-10-9-17-22(26)28-14-29-23(17)30)11-16(21(18)31-24)6-4-3-5-15-7-8-20(25)27-13-15/h7-10,13-14,16,18-19,21H,3-6,11-12H2,1-2H3,(H2,25,27)(H2,26,28,29)/t16-,18-,19+,21+/m0/s1. The molecule has 4 atom stereocenters. The van der Waals surface area contributed by atoms with Crippen LogP contribution in [0.1, 0.15) is 57.6 Å². The summed E-state index contributed by atoms with van der Waals surface area (Å²) >= 11 is 0. The molecule has 1 aliphatic heterocycles. The number of aromatic nitrogens is 4. The molecule has 7 heteroatoms. The Morgan fingerprint density at radius 3 is 2.81 bits per heavy atom. The van der Waals surface area contributed by atoms with Crippen LogP contribution < -0.4 is 11.5 Å². The Balaban J connectivity index is 1.29. The number of nitrogens with zero attached hydrogens (tertiary/aromatic N) is 4. The maximum atomic E-state index is 6.58. The lowest BCUT2D eigenvalue weighted by Gasteiger charge is -2.24. The second-order valence-corrected chi connectivity index (χ2v) is 9.83. The molecule has 0 bridgehead atoms. The first kappa shape index (κ1) is 20.2. The summed E-state index contributed by atoms with van der Waals surface area (Å²) in [5.74, 6) is 2.21. The molecule has 3 aromatic heterocycles. The van der Waals surface area contributed by atoms with Crippen molar-refractivity contribution in [1.82, 2.24) is 19.5 Å². The molecule has 1 saturated carbocycles. The number of pyridine rings is 1. The van der Waals surface area contributed by atoms with Crippen molar-refractivity contribution in [3.63, 3.8) is 0 Å². The zero-order valence-corrected chi connectivity index (χ0v) is 18.4. The van der Waals surface area contributed by atoms with Gasteiger partial charge in [-0.1, -0.05) is 12.5 Å². The molecule has 164 valence electrons. The fraction of sp³-hybridized carbons (Fsp3) is 0.542. The van der Waals surface area contributed by atoms with Gasteiger partial charge in [-0.15, -0.1) is 0 Å². The van der Waals surface area contributed by atoms with Crippen LogP contribution in [0.2, 0.25) is 0 Å². The van der Waals surface area contributed by atoms with Crippen molar-refractivity contribution in [3.8, 4) is 0 Å². The molecule has 3 aromatic rings. The maximum absolute atomic E-state index is 6.58. The summed E-state index contributed by atoms with van der Waals surface area (Å²) in [7, 11) is 0. The van der Waals surface area contributed by atoms with Gasteiger partial charge in [0.2, 0.25) is 0 Å². The fourth-order valence-corrected chi connectivity index (χ4v) is 5.79. The number of aryl methyl sites for hydroxylation is 1. The average Bonchev–Trinajstić information content (AvgIpc) is 3.38. The lowest BCUT2D eigenvalue weighted by molar-refractivity contribution is -0.0398. The molecular formula is C24H32N6O. The number of rotatable bonds is 6. The van der Waals surface area contributed by atoms with E-state index in [0.717, 1.165) is 36.7 Å². The molecular weight excluding hydrogens is 388 g/mol. The van der Waals surface area contributed by atoms with Crippen LogP contribution in [0.4, 0.5) is 11.6 Å². The van der Waals surface area contributed by atoms with Crippen LogP contribution in [-0.2, 0) is 11.2 Å². The van der Waals surface area contributed by atoms with E-state index >= 15 is 0 Å². The highest BCUT2D eigenvalue weighted by Crippen LogP contribution is 2.53.